The van der Waals surface area contributed by atoms with Crippen LogP contribution in [0.2, 0.25) is 5.02 Å². The minimum atomic E-state index is -0.133. The summed E-state index contributed by atoms with van der Waals surface area (Å²) in [6.07, 6.45) is 4.99. The Hall–Kier alpha value is -2.13. The number of aromatic amines is 1. The van der Waals surface area contributed by atoms with Crippen LogP contribution in [0.5, 0.6) is 0 Å². The summed E-state index contributed by atoms with van der Waals surface area (Å²) in [4.78, 5) is 18.6. The van der Waals surface area contributed by atoms with Gasteiger partial charge in [-0.3, -0.25) is 9.78 Å². The fourth-order valence-electron chi connectivity index (χ4n) is 2.22. The number of pyridine rings is 2. The Kier molecular flexibility index (Phi) is 2.84. The van der Waals surface area contributed by atoms with Crippen molar-refractivity contribution in [2.45, 2.75) is 6.92 Å². The fourth-order valence-corrected chi connectivity index (χ4v) is 2.40. The van der Waals surface area contributed by atoms with Crippen LogP contribution in [-0.4, -0.2) is 9.97 Å². The molecule has 0 bridgehead atoms. The van der Waals surface area contributed by atoms with Gasteiger partial charge < -0.3 is 4.98 Å². The first-order chi connectivity index (χ1) is 9.18. The lowest BCUT2D eigenvalue weighted by molar-refractivity contribution is 1.25. The summed E-state index contributed by atoms with van der Waals surface area (Å²) in [5.41, 5.74) is 2.77. The maximum atomic E-state index is 11.8. The average molecular weight is 271 g/mol. The third-order valence-corrected chi connectivity index (χ3v) is 3.66. The number of hydrogen-bond donors (Lipinski definition) is 1. The van der Waals surface area contributed by atoms with Crippen LogP contribution in [0.1, 0.15) is 5.56 Å². The van der Waals surface area contributed by atoms with Crippen molar-refractivity contribution in [3.05, 3.63) is 63.8 Å². The largest absolute Gasteiger partial charge is 0.329 e. The van der Waals surface area contributed by atoms with Crippen molar-refractivity contribution in [1.29, 1.82) is 0 Å². The minimum absolute atomic E-state index is 0.133. The highest BCUT2D eigenvalue weighted by Crippen LogP contribution is 2.31. The van der Waals surface area contributed by atoms with E-state index in [0.29, 0.717) is 10.4 Å². The van der Waals surface area contributed by atoms with E-state index >= 15 is 0 Å². The number of aromatic nitrogens is 2. The van der Waals surface area contributed by atoms with Crippen molar-refractivity contribution in [3.8, 4) is 11.1 Å². The van der Waals surface area contributed by atoms with E-state index in [9.17, 15) is 4.79 Å². The number of halogens is 1. The molecule has 0 amide bonds. The second kappa shape index (κ2) is 4.52. The average Bonchev–Trinajstić information content (AvgIpc) is 2.42. The molecule has 0 unspecified atom stereocenters. The first-order valence-corrected chi connectivity index (χ1v) is 6.27. The number of nitrogens with zero attached hydrogens (tertiary/aromatic N) is 1. The highest BCUT2D eigenvalue weighted by atomic mass is 35.5. The number of hydrogen-bond acceptors (Lipinski definition) is 2. The molecule has 2 aromatic heterocycles. The van der Waals surface area contributed by atoms with Crippen LogP contribution < -0.4 is 5.56 Å². The van der Waals surface area contributed by atoms with Gasteiger partial charge in [-0.2, -0.15) is 0 Å². The molecule has 19 heavy (non-hydrogen) atoms. The maximum Gasteiger partial charge on any atom is 0.257 e. The monoisotopic (exact) mass is 270 g/mol. The molecule has 3 aromatic rings. The number of benzene rings is 1. The molecule has 0 aliphatic rings. The summed E-state index contributed by atoms with van der Waals surface area (Å²) >= 11 is 6.16. The predicted octanol–water partition coefficient (Wildman–Crippen LogP) is 3.55. The molecule has 1 N–H and O–H groups in total. The van der Waals surface area contributed by atoms with Gasteiger partial charge in [-0.05, 0) is 35.6 Å². The van der Waals surface area contributed by atoms with Gasteiger partial charge in [0.25, 0.3) is 5.56 Å². The topological polar surface area (TPSA) is 45.8 Å². The van der Waals surface area contributed by atoms with Gasteiger partial charge in [0.2, 0.25) is 0 Å². The SMILES string of the molecule is Cc1c(Cl)cccc1-c1cncc2c(=O)[nH]ccc12. The molecule has 0 fully saturated rings. The molecule has 0 saturated carbocycles. The number of fused-ring (bicyclic) bond motifs is 1. The van der Waals surface area contributed by atoms with Gasteiger partial charge >= 0.3 is 0 Å². The van der Waals surface area contributed by atoms with Crippen LogP contribution in [0.15, 0.2) is 47.7 Å². The zero-order chi connectivity index (χ0) is 13.4. The van der Waals surface area contributed by atoms with Crippen molar-refractivity contribution >= 4 is 22.4 Å². The second-order valence-corrected chi connectivity index (χ2v) is 4.77. The lowest BCUT2D eigenvalue weighted by Gasteiger charge is -2.09. The van der Waals surface area contributed by atoms with Crippen molar-refractivity contribution in [3.63, 3.8) is 0 Å². The maximum absolute atomic E-state index is 11.8. The Morgan fingerprint density at radius 3 is 2.79 bits per heavy atom. The molecule has 3 rings (SSSR count). The molecule has 1 aromatic carbocycles. The summed E-state index contributed by atoms with van der Waals surface area (Å²) < 4.78 is 0. The molecule has 94 valence electrons. The van der Waals surface area contributed by atoms with E-state index in [2.05, 4.69) is 9.97 Å². The molecule has 0 aliphatic heterocycles. The molecule has 0 saturated heterocycles. The second-order valence-electron chi connectivity index (χ2n) is 4.37. The van der Waals surface area contributed by atoms with Gasteiger partial charge in [-0.15, -0.1) is 0 Å². The van der Waals surface area contributed by atoms with E-state index in [4.69, 9.17) is 11.6 Å². The first-order valence-electron chi connectivity index (χ1n) is 5.89. The van der Waals surface area contributed by atoms with E-state index in [-0.39, 0.29) is 5.56 Å². The Bertz CT molecular complexity index is 824. The van der Waals surface area contributed by atoms with Crippen LogP contribution in [-0.2, 0) is 0 Å². The standard InChI is InChI=1S/C15H11ClN2O/c1-9-10(3-2-4-14(9)16)12-7-17-8-13-11(12)5-6-18-15(13)19/h2-8H,1H3,(H,18,19). The van der Waals surface area contributed by atoms with Gasteiger partial charge in [-0.25, -0.2) is 0 Å². The lowest BCUT2D eigenvalue weighted by atomic mass is 9.98. The summed E-state index contributed by atoms with van der Waals surface area (Å²) in [5, 5.41) is 2.17. The smallest absolute Gasteiger partial charge is 0.257 e. The quantitative estimate of drug-likeness (QED) is 0.735. The summed E-state index contributed by atoms with van der Waals surface area (Å²) in [6, 6.07) is 7.62. The lowest BCUT2D eigenvalue weighted by Crippen LogP contribution is -2.05. The van der Waals surface area contributed by atoms with E-state index in [1.165, 1.54) is 0 Å². The van der Waals surface area contributed by atoms with Gasteiger partial charge in [0.1, 0.15) is 0 Å². The van der Waals surface area contributed by atoms with Crippen LogP contribution in [0.25, 0.3) is 21.9 Å². The third kappa shape index (κ3) is 1.92. The Balaban J connectivity index is 2.41. The van der Waals surface area contributed by atoms with Gasteiger partial charge in [0, 0.05) is 29.2 Å². The highest BCUT2D eigenvalue weighted by Gasteiger charge is 2.10. The van der Waals surface area contributed by atoms with Gasteiger partial charge in [-0.1, -0.05) is 23.7 Å². The molecule has 2 heterocycles. The van der Waals surface area contributed by atoms with Crippen molar-refractivity contribution < 1.29 is 0 Å². The van der Waals surface area contributed by atoms with Gasteiger partial charge in [0.05, 0.1) is 5.39 Å². The Morgan fingerprint density at radius 1 is 1.11 bits per heavy atom. The summed E-state index contributed by atoms with van der Waals surface area (Å²) in [5.74, 6) is 0. The van der Waals surface area contributed by atoms with Crippen LogP contribution >= 0.6 is 11.6 Å². The van der Waals surface area contributed by atoms with E-state index in [1.54, 1.807) is 18.6 Å². The molecule has 0 atom stereocenters. The summed E-state index contributed by atoms with van der Waals surface area (Å²) in [6.45, 7) is 1.96. The fraction of sp³-hybridized carbons (Fsp3) is 0.0667. The van der Waals surface area contributed by atoms with Crippen LogP contribution in [0.4, 0.5) is 0 Å². The third-order valence-electron chi connectivity index (χ3n) is 3.25. The van der Waals surface area contributed by atoms with E-state index in [0.717, 1.165) is 22.1 Å². The first kappa shape index (κ1) is 11.9. The molecular formula is C15H11ClN2O. The zero-order valence-corrected chi connectivity index (χ0v) is 11.0. The van der Waals surface area contributed by atoms with E-state index < -0.39 is 0 Å². The molecular weight excluding hydrogens is 260 g/mol. The highest BCUT2D eigenvalue weighted by molar-refractivity contribution is 6.31. The Morgan fingerprint density at radius 2 is 1.95 bits per heavy atom. The minimum Gasteiger partial charge on any atom is -0.329 e. The predicted molar refractivity (Wildman–Crippen MR) is 77.5 cm³/mol. The van der Waals surface area contributed by atoms with Crippen molar-refractivity contribution in [2.24, 2.45) is 0 Å². The molecule has 0 aliphatic carbocycles. The van der Waals surface area contributed by atoms with Crippen molar-refractivity contribution in [1.82, 2.24) is 9.97 Å². The zero-order valence-electron chi connectivity index (χ0n) is 10.3. The molecule has 0 radical (unpaired) electrons. The molecule has 0 spiro atoms. The molecule has 3 nitrogen and oxygen atoms in total. The molecule has 4 heteroatoms. The number of nitrogens with one attached hydrogen (secondary N) is 1. The van der Waals surface area contributed by atoms with Crippen molar-refractivity contribution in [2.75, 3.05) is 0 Å². The number of H-pyrrole nitrogens is 1. The normalized spacial score (nSPS) is 10.8. The van der Waals surface area contributed by atoms with E-state index in [1.807, 2.05) is 31.2 Å². The van der Waals surface area contributed by atoms with Crippen LogP contribution in [0.3, 0.4) is 0 Å². The van der Waals surface area contributed by atoms with Crippen LogP contribution in [0, 0.1) is 6.92 Å². The Labute approximate surface area is 114 Å². The number of rotatable bonds is 1. The van der Waals surface area contributed by atoms with Gasteiger partial charge in [0.15, 0.2) is 0 Å². The summed E-state index contributed by atoms with van der Waals surface area (Å²) in [7, 11) is 0.